The van der Waals surface area contributed by atoms with Crippen LogP contribution in [0.3, 0.4) is 0 Å². The van der Waals surface area contributed by atoms with Crippen LogP contribution >= 0.6 is 0 Å². The average Bonchev–Trinajstić information content (AvgIpc) is 2.70. The summed E-state index contributed by atoms with van der Waals surface area (Å²) in [5, 5.41) is 2.49. The van der Waals surface area contributed by atoms with E-state index in [4.69, 9.17) is 4.74 Å². The lowest BCUT2D eigenvalue weighted by Crippen LogP contribution is -2.43. The molecule has 3 aromatic rings. The van der Waals surface area contributed by atoms with Crippen LogP contribution in [0.1, 0.15) is 24.0 Å². The van der Waals surface area contributed by atoms with Gasteiger partial charge in [0, 0.05) is 5.41 Å². The fraction of sp³-hybridized carbons (Fsp3) is 0.333. The van der Waals surface area contributed by atoms with Crippen molar-refractivity contribution in [3.8, 4) is 0 Å². The second kappa shape index (κ2) is 7.79. The van der Waals surface area contributed by atoms with Crippen LogP contribution in [-0.4, -0.2) is 31.6 Å². The van der Waals surface area contributed by atoms with E-state index in [2.05, 4.69) is 54.4 Å². The van der Waals surface area contributed by atoms with E-state index < -0.39 is 0 Å². The summed E-state index contributed by atoms with van der Waals surface area (Å²) in [5.41, 5.74) is 2.37. The maximum absolute atomic E-state index is 13.4. The molecule has 3 aromatic carbocycles. The molecule has 1 fully saturated rings. The summed E-state index contributed by atoms with van der Waals surface area (Å²) in [6.07, 6.45) is 2.06. The number of nitrogens with zero attached hydrogens (tertiary/aromatic N) is 1. The lowest BCUT2D eigenvalue weighted by atomic mass is 9.73. The van der Waals surface area contributed by atoms with Gasteiger partial charge >= 0.3 is 0 Å². The molecule has 140 valence electrons. The van der Waals surface area contributed by atoms with Crippen LogP contribution in [0.25, 0.3) is 10.8 Å². The number of benzene rings is 3. The van der Waals surface area contributed by atoms with Gasteiger partial charge in [-0.3, -0.25) is 0 Å². The third-order valence-electron chi connectivity index (χ3n) is 5.92. The average molecular weight is 363 g/mol. The molecule has 27 heavy (non-hydrogen) atoms. The van der Waals surface area contributed by atoms with Crippen molar-refractivity contribution >= 4 is 10.8 Å². The first-order valence-electron chi connectivity index (χ1n) is 9.65. The molecule has 0 spiro atoms. The summed E-state index contributed by atoms with van der Waals surface area (Å²) in [4.78, 5) is 2.35. The van der Waals surface area contributed by atoms with E-state index in [0.717, 1.165) is 25.9 Å². The number of hydrogen-bond donors (Lipinski definition) is 0. The second-order valence-corrected chi connectivity index (χ2v) is 7.72. The van der Waals surface area contributed by atoms with E-state index in [9.17, 15) is 4.39 Å². The van der Waals surface area contributed by atoms with Crippen molar-refractivity contribution in [3.63, 3.8) is 0 Å². The van der Waals surface area contributed by atoms with Crippen molar-refractivity contribution in [3.05, 3.63) is 83.7 Å². The van der Waals surface area contributed by atoms with Gasteiger partial charge in [0.1, 0.15) is 5.82 Å². The van der Waals surface area contributed by atoms with E-state index in [0.29, 0.717) is 13.2 Å². The molecule has 3 heteroatoms. The van der Waals surface area contributed by atoms with Crippen molar-refractivity contribution in [2.24, 2.45) is 0 Å². The van der Waals surface area contributed by atoms with Crippen molar-refractivity contribution in [1.29, 1.82) is 0 Å². The Bertz CT molecular complexity index is 892. The summed E-state index contributed by atoms with van der Waals surface area (Å²) in [6, 6.07) is 21.8. The fourth-order valence-electron chi connectivity index (χ4n) is 4.14. The normalized spacial score (nSPS) is 17.3. The Morgan fingerprint density at radius 1 is 0.926 bits per heavy atom. The Morgan fingerprint density at radius 3 is 2.41 bits per heavy atom. The topological polar surface area (TPSA) is 12.5 Å². The quantitative estimate of drug-likeness (QED) is 0.621. The van der Waals surface area contributed by atoms with Crippen LogP contribution in [0.2, 0.25) is 0 Å². The van der Waals surface area contributed by atoms with Gasteiger partial charge in [-0.05, 0) is 67.0 Å². The van der Waals surface area contributed by atoms with Crippen LogP contribution in [-0.2, 0) is 16.8 Å². The Balaban J connectivity index is 1.53. The molecule has 2 nitrogen and oxygen atoms in total. The van der Waals surface area contributed by atoms with Crippen LogP contribution < -0.4 is 0 Å². The highest BCUT2D eigenvalue weighted by molar-refractivity contribution is 5.85. The Hall–Kier alpha value is -2.23. The van der Waals surface area contributed by atoms with E-state index in [1.165, 1.54) is 21.9 Å². The number of ether oxygens (including phenoxy) is 1. The van der Waals surface area contributed by atoms with Gasteiger partial charge in [-0.25, -0.2) is 4.39 Å². The Kier molecular flexibility index (Phi) is 5.24. The molecule has 0 bridgehead atoms. The number of fused-ring (bicyclic) bond motifs is 1. The van der Waals surface area contributed by atoms with Gasteiger partial charge < -0.3 is 9.64 Å². The number of hydrogen-bond acceptors (Lipinski definition) is 2. The SMILES string of the molecule is CN1CCC(COCc2cccc3ccccc23)(c2ccc(F)cc2)CC1. The first-order valence-corrected chi connectivity index (χ1v) is 9.65. The molecule has 0 N–H and O–H groups in total. The van der Waals surface area contributed by atoms with Crippen molar-refractivity contribution in [1.82, 2.24) is 4.90 Å². The Labute approximate surface area is 160 Å². The van der Waals surface area contributed by atoms with Crippen molar-refractivity contribution in [2.45, 2.75) is 24.9 Å². The van der Waals surface area contributed by atoms with Gasteiger partial charge in [0.15, 0.2) is 0 Å². The number of likely N-dealkylation sites (tertiary alicyclic amines) is 1. The minimum absolute atomic E-state index is 0.0369. The lowest BCUT2D eigenvalue weighted by molar-refractivity contribution is 0.0412. The third-order valence-corrected chi connectivity index (χ3v) is 5.92. The van der Waals surface area contributed by atoms with Crippen LogP contribution in [0.4, 0.5) is 4.39 Å². The molecular weight excluding hydrogens is 337 g/mol. The molecule has 1 heterocycles. The largest absolute Gasteiger partial charge is 0.376 e. The predicted octanol–water partition coefficient (Wildman–Crippen LogP) is 5.16. The summed E-state index contributed by atoms with van der Waals surface area (Å²) in [6.45, 7) is 3.33. The molecule has 1 saturated heterocycles. The minimum atomic E-state index is -0.182. The monoisotopic (exact) mass is 363 g/mol. The smallest absolute Gasteiger partial charge is 0.123 e. The highest BCUT2D eigenvalue weighted by atomic mass is 19.1. The van der Waals surface area contributed by atoms with E-state index >= 15 is 0 Å². The van der Waals surface area contributed by atoms with Gasteiger partial charge in [-0.1, -0.05) is 54.6 Å². The molecule has 1 aliphatic heterocycles. The van der Waals surface area contributed by atoms with Gasteiger partial charge in [0.05, 0.1) is 13.2 Å². The first-order chi connectivity index (χ1) is 13.2. The molecule has 0 aromatic heterocycles. The van der Waals surface area contributed by atoms with Gasteiger partial charge in [0.25, 0.3) is 0 Å². The maximum Gasteiger partial charge on any atom is 0.123 e. The van der Waals surface area contributed by atoms with Crippen LogP contribution in [0, 0.1) is 5.82 Å². The highest BCUT2D eigenvalue weighted by Crippen LogP contribution is 2.36. The Morgan fingerprint density at radius 2 is 1.63 bits per heavy atom. The van der Waals surface area contributed by atoms with E-state index in [1.807, 2.05) is 12.1 Å². The molecular formula is C24H26FNO. The van der Waals surface area contributed by atoms with E-state index in [1.54, 1.807) is 12.1 Å². The van der Waals surface area contributed by atoms with Gasteiger partial charge in [-0.2, -0.15) is 0 Å². The van der Waals surface area contributed by atoms with Gasteiger partial charge in [-0.15, -0.1) is 0 Å². The van der Waals surface area contributed by atoms with Crippen molar-refractivity contribution in [2.75, 3.05) is 26.7 Å². The van der Waals surface area contributed by atoms with Crippen molar-refractivity contribution < 1.29 is 9.13 Å². The lowest BCUT2D eigenvalue weighted by Gasteiger charge is -2.41. The van der Waals surface area contributed by atoms with E-state index in [-0.39, 0.29) is 11.2 Å². The molecule has 0 aliphatic carbocycles. The zero-order chi connectivity index (χ0) is 18.7. The van der Waals surface area contributed by atoms with Crippen LogP contribution in [0.15, 0.2) is 66.7 Å². The minimum Gasteiger partial charge on any atom is -0.376 e. The highest BCUT2D eigenvalue weighted by Gasteiger charge is 2.35. The maximum atomic E-state index is 13.4. The summed E-state index contributed by atoms with van der Waals surface area (Å²) < 4.78 is 19.7. The molecule has 0 unspecified atom stereocenters. The first kappa shape index (κ1) is 18.1. The molecule has 4 rings (SSSR count). The molecule has 0 atom stereocenters. The predicted molar refractivity (Wildman–Crippen MR) is 108 cm³/mol. The number of rotatable bonds is 5. The molecule has 0 saturated carbocycles. The third kappa shape index (κ3) is 3.90. The fourth-order valence-corrected chi connectivity index (χ4v) is 4.14. The summed E-state index contributed by atoms with van der Waals surface area (Å²) in [5.74, 6) is -0.182. The zero-order valence-corrected chi connectivity index (χ0v) is 15.8. The molecule has 0 radical (unpaired) electrons. The zero-order valence-electron chi connectivity index (χ0n) is 15.8. The summed E-state index contributed by atoms with van der Waals surface area (Å²) in [7, 11) is 2.16. The summed E-state index contributed by atoms with van der Waals surface area (Å²) >= 11 is 0. The number of piperidine rings is 1. The van der Waals surface area contributed by atoms with Gasteiger partial charge in [0.2, 0.25) is 0 Å². The van der Waals surface area contributed by atoms with Crippen LogP contribution in [0.5, 0.6) is 0 Å². The molecule has 1 aliphatic rings. The standard InChI is InChI=1S/C24H26FNO/c1-26-15-13-24(14-16-26,21-9-11-22(25)12-10-21)18-27-17-20-7-4-6-19-5-2-3-8-23(19)20/h2-12H,13-18H2,1H3. The number of halogens is 1. The second-order valence-electron chi connectivity index (χ2n) is 7.72. The molecule has 0 amide bonds.